The van der Waals surface area contributed by atoms with Crippen LogP contribution in [0.4, 0.5) is 0 Å². The van der Waals surface area contributed by atoms with Gasteiger partial charge in [0.25, 0.3) is 0 Å². The standard InChI is InChI=1S/C5H11N2/c1-2-7-5-3-4-6-7/h2-5H2,1H3. The molecule has 2 nitrogen and oxygen atoms in total. The van der Waals surface area contributed by atoms with Crippen molar-refractivity contribution >= 4 is 0 Å². The predicted octanol–water partition coefficient (Wildman–Crippen LogP) is 0.231. The highest BCUT2D eigenvalue weighted by Crippen LogP contribution is 1.95. The third-order valence-electron chi connectivity index (χ3n) is 1.24. The van der Waals surface area contributed by atoms with Crippen molar-refractivity contribution < 1.29 is 0 Å². The van der Waals surface area contributed by atoms with Crippen LogP contribution in [-0.4, -0.2) is 24.6 Å². The van der Waals surface area contributed by atoms with E-state index in [1.165, 1.54) is 13.0 Å². The van der Waals surface area contributed by atoms with Gasteiger partial charge in [0, 0.05) is 19.6 Å². The molecule has 0 aromatic heterocycles. The highest BCUT2D eigenvalue weighted by Gasteiger charge is 2.07. The molecule has 1 saturated heterocycles. The van der Waals surface area contributed by atoms with E-state index in [1.807, 2.05) is 0 Å². The topological polar surface area (TPSA) is 17.3 Å². The molecule has 41 valence electrons. The molecule has 1 radical (unpaired) electrons. The second kappa shape index (κ2) is 2.28. The lowest BCUT2D eigenvalue weighted by atomic mass is 10.5. The maximum atomic E-state index is 4.19. The van der Waals surface area contributed by atoms with Crippen molar-refractivity contribution in [2.75, 3.05) is 19.6 Å². The molecule has 0 unspecified atom stereocenters. The highest BCUT2D eigenvalue weighted by molar-refractivity contribution is 4.57. The normalized spacial score (nSPS) is 23.6. The van der Waals surface area contributed by atoms with E-state index in [2.05, 4.69) is 17.4 Å². The molecular formula is C5H11N2. The van der Waals surface area contributed by atoms with Crippen LogP contribution in [0.15, 0.2) is 0 Å². The zero-order chi connectivity index (χ0) is 5.11. The molecular weight excluding hydrogens is 88.1 g/mol. The van der Waals surface area contributed by atoms with E-state index in [1.54, 1.807) is 0 Å². The van der Waals surface area contributed by atoms with Gasteiger partial charge in [0.05, 0.1) is 0 Å². The fourth-order valence-electron chi connectivity index (χ4n) is 0.794. The van der Waals surface area contributed by atoms with Crippen molar-refractivity contribution in [2.24, 2.45) is 0 Å². The molecule has 1 fully saturated rings. The Morgan fingerprint density at radius 2 is 2.57 bits per heavy atom. The highest BCUT2D eigenvalue weighted by atomic mass is 15.5. The SMILES string of the molecule is CCN1CCC[N]1. The molecule has 1 rings (SSSR count). The van der Waals surface area contributed by atoms with Gasteiger partial charge < -0.3 is 0 Å². The molecule has 1 heterocycles. The van der Waals surface area contributed by atoms with Crippen LogP contribution < -0.4 is 5.43 Å². The molecule has 2 heteroatoms. The van der Waals surface area contributed by atoms with Gasteiger partial charge in [-0.25, -0.2) is 5.01 Å². The van der Waals surface area contributed by atoms with E-state index in [4.69, 9.17) is 0 Å². The summed E-state index contributed by atoms with van der Waals surface area (Å²) in [7, 11) is 0. The van der Waals surface area contributed by atoms with Gasteiger partial charge in [0.15, 0.2) is 0 Å². The summed E-state index contributed by atoms with van der Waals surface area (Å²) >= 11 is 0. The smallest absolute Gasteiger partial charge is 0.0319 e. The van der Waals surface area contributed by atoms with Gasteiger partial charge in [-0.2, -0.15) is 5.43 Å². The number of hydrogen-bond acceptors (Lipinski definition) is 1. The van der Waals surface area contributed by atoms with Crippen LogP contribution >= 0.6 is 0 Å². The Hall–Kier alpha value is -0.0800. The van der Waals surface area contributed by atoms with Crippen LogP contribution in [0, 0.1) is 0 Å². The third kappa shape index (κ3) is 1.14. The molecule has 0 aliphatic carbocycles. The largest absolute Gasteiger partial charge is 0.227 e. The second-order valence-corrected chi connectivity index (χ2v) is 1.76. The fraction of sp³-hybridized carbons (Fsp3) is 1.00. The molecule has 0 amide bonds. The Labute approximate surface area is 44.5 Å². The van der Waals surface area contributed by atoms with Crippen molar-refractivity contribution in [3.8, 4) is 0 Å². The summed E-state index contributed by atoms with van der Waals surface area (Å²) in [4.78, 5) is 0. The number of rotatable bonds is 1. The summed E-state index contributed by atoms with van der Waals surface area (Å²) in [6, 6.07) is 0. The Bertz CT molecular complexity index is 48.0. The molecule has 0 aromatic carbocycles. The molecule has 0 saturated carbocycles. The molecule has 0 atom stereocenters. The van der Waals surface area contributed by atoms with Gasteiger partial charge in [-0.3, -0.25) is 0 Å². The van der Waals surface area contributed by atoms with Gasteiger partial charge in [-0.05, 0) is 6.42 Å². The molecule has 7 heavy (non-hydrogen) atoms. The van der Waals surface area contributed by atoms with Crippen molar-refractivity contribution in [3.05, 3.63) is 0 Å². The number of hydrogen-bond donors (Lipinski definition) is 0. The molecule has 0 spiro atoms. The van der Waals surface area contributed by atoms with Crippen LogP contribution in [0.2, 0.25) is 0 Å². The quantitative estimate of drug-likeness (QED) is 0.460. The molecule has 0 aromatic rings. The maximum absolute atomic E-state index is 4.19. The van der Waals surface area contributed by atoms with E-state index in [-0.39, 0.29) is 0 Å². The lowest BCUT2D eigenvalue weighted by molar-refractivity contribution is 0.260. The van der Waals surface area contributed by atoms with Crippen molar-refractivity contribution in [3.63, 3.8) is 0 Å². The Balaban J connectivity index is 2.14. The molecule has 1 aliphatic rings. The van der Waals surface area contributed by atoms with Crippen molar-refractivity contribution in [1.82, 2.24) is 10.4 Å². The summed E-state index contributed by atoms with van der Waals surface area (Å²) < 4.78 is 0. The lowest BCUT2D eigenvalue weighted by Crippen LogP contribution is -2.23. The van der Waals surface area contributed by atoms with E-state index in [0.717, 1.165) is 13.1 Å². The molecule has 0 bridgehead atoms. The van der Waals surface area contributed by atoms with Crippen LogP contribution in [0.5, 0.6) is 0 Å². The second-order valence-electron chi connectivity index (χ2n) is 1.76. The monoisotopic (exact) mass is 99.1 g/mol. The maximum Gasteiger partial charge on any atom is 0.0319 e. The summed E-state index contributed by atoms with van der Waals surface area (Å²) in [5, 5.41) is 2.11. The van der Waals surface area contributed by atoms with Crippen LogP contribution in [0.25, 0.3) is 0 Å². The van der Waals surface area contributed by atoms with E-state index < -0.39 is 0 Å². The zero-order valence-electron chi connectivity index (χ0n) is 4.72. The summed E-state index contributed by atoms with van der Waals surface area (Å²) in [6.07, 6.45) is 1.26. The van der Waals surface area contributed by atoms with Crippen LogP contribution in [-0.2, 0) is 0 Å². The number of nitrogens with zero attached hydrogens (tertiary/aromatic N) is 2. The van der Waals surface area contributed by atoms with Crippen molar-refractivity contribution in [2.45, 2.75) is 13.3 Å². The van der Waals surface area contributed by atoms with Crippen LogP contribution in [0.1, 0.15) is 13.3 Å². The summed E-state index contributed by atoms with van der Waals surface area (Å²) in [5.41, 5.74) is 4.19. The van der Waals surface area contributed by atoms with Gasteiger partial charge in [-0.15, -0.1) is 0 Å². The lowest BCUT2D eigenvalue weighted by Gasteiger charge is -2.06. The first kappa shape index (κ1) is 5.06. The molecule has 0 N–H and O–H groups in total. The third-order valence-corrected chi connectivity index (χ3v) is 1.24. The summed E-state index contributed by atoms with van der Waals surface area (Å²) in [6.45, 7) is 5.44. The summed E-state index contributed by atoms with van der Waals surface area (Å²) in [5.74, 6) is 0. The van der Waals surface area contributed by atoms with Gasteiger partial charge in [-0.1, -0.05) is 6.92 Å². The Morgan fingerprint density at radius 3 is 2.86 bits per heavy atom. The first-order valence-electron chi connectivity index (χ1n) is 2.86. The van der Waals surface area contributed by atoms with E-state index >= 15 is 0 Å². The van der Waals surface area contributed by atoms with Crippen LogP contribution in [0.3, 0.4) is 0 Å². The van der Waals surface area contributed by atoms with Crippen molar-refractivity contribution in [1.29, 1.82) is 0 Å². The zero-order valence-corrected chi connectivity index (χ0v) is 4.72. The van der Waals surface area contributed by atoms with E-state index in [0.29, 0.717) is 0 Å². The Kier molecular flexibility index (Phi) is 1.65. The first-order chi connectivity index (χ1) is 3.43. The van der Waals surface area contributed by atoms with Gasteiger partial charge in [0.2, 0.25) is 0 Å². The van der Waals surface area contributed by atoms with Gasteiger partial charge >= 0.3 is 0 Å². The van der Waals surface area contributed by atoms with Gasteiger partial charge in [0.1, 0.15) is 0 Å². The van der Waals surface area contributed by atoms with E-state index in [9.17, 15) is 0 Å². The average Bonchev–Trinajstić information content (AvgIpc) is 2.14. The molecule has 1 aliphatic heterocycles. The minimum absolute atomic E-state index is 1.05. The minimum Gasteiger partial charge on any atom is -0.227 e. The fourth-order valence-corrected chi connectivity index (χ4v) is 0.794. The minimum atomic E-state index is 1.05. The Morgan fingerprint density at radius 1 is 1.71 bits per heavy atom. The first-order valence-corrected chi connectivity index (χ1v) is 2.86. The average molecular weight is 99.2 g/mol. The predicted molar refractivity (Wildman–Crippen MR) is 28.9 cm³/mol.